The standard InChI is InChI=1S/C18H24N2O4S/c1-4-18(2,3)10-5-6-11-12(9-10)25-17(15(11)16(19)24)20-13(21)7-8-14(22)23/h7-8,10H,4-6,9H2,1-3H3,(H2,19,24)(H,20,21)(H,22,23)/b8-7+/t10-/m1/s1. The minimum atomic E-state index is -1.21. The van der Waals surface area contributed by atoms with Crippen LogP contribution in [0.4, 0.5) is 5.00 Å². The van der Waals surface area contributed by atoms with Crippen molar-refractivity contribution in [2.45, 2.75) is 46.5 Å². The van der Waals surface area contributed by atoms with Crippen LogP contribution in [0, 0.1) is 11.3 Å². The van der Waals surface area contributed by atoms with Crippen molar-refractivity contribution in [3.05, 3.63) is 28.2 Å². The van der Waals surface area contributed by atoms with Crippen molar-refractivity contribution in [3.8, 4) is 0 Å². The van der Waals surface area contributed by atoms with Gasteiger partial charge in [0.2, 0.25) is 5.91 Å². The molecule has 2 rings (SSSR count). The van der Waals surface area contributed by atoms with Gasteiger partial charge < -0.3 is 16.2 Å². The normalized spacial score (nSPS) is 17.3. The SMILES string of the molecule is CCC(C)(C)[C@@H]1CCc2c(sc(NC(=O)/C=C/C(=O)O)c2C(N)=O)C1. The second-order valence-corrected chi connectivity index (χ2v) is 8.12. The van der Waals surface area contributed by atoms with Crippen molar-refractivity contribution in [1.29, 1.82) is 0 Å². The van der Waals surface area contributed by atoms with Gasteiger partial charge in [-0.25, -0.2) is 4.79 Å². The molecule has 0 aliphatic heterocycles. The fourth-order valence-electron chi connectivity index (χ4n) is 3.19. The molecular weight excluding hydrogens is 340 g/mol. The number of nitrogens with two attached hydrogens (primary N) is 1. The Kier molecular flexibility index (Phi) is 5.67. The molecule has 136 valence electrons. The molecule has 1 aromatic heterocycles. The van der Waals surface area contributed by atoms with E-state index in [-0.39, 0.29) is 5.41 Å². The average Bonchev–Trinajstić information content (AvgIpc) is 2.89. The van der Waals surface area contributed by atoms with Crippen LogP contribution < -0.4 is 11.1 Å². The third-order valence-electron chi connectivity index (χ3n) is 5.14. The second kappa shape index (κ2) is 7.39. The largest absolute Gasteiger partial charge is 0.478 e. The first-order chi connectivity index (χ1) is 11.7. The molecule has 0 radical (unpaired) electrons. The highest BCUT2D eigenvalue weighted by molar-refractivity contribution is 7.17. The lowest BCUT2D eigenvalue weighted by atomic mass is 9.69. The van der Waals surface area contributed by atoms with E-state index in [0.717, 1.165) is 48.3 Å². The van der Waals surface area contributed by atoms with Gasteiger partial charge >= 0.3 is 5.97 Å². The molecular formula is C18H24N2O4S. The van der Waals surface area contributed by atoms with Crippen LogP contribution in [0.25, 0.3) is 0 Å². The lowest BCUT2D eigenvalue weighted by molar-refractivity contribution is -0.131. The summed E-state index contributed by atoms with van der Waals surface area (Å²) in [5.74, 6) is -1.85. The van der Waals surface area contributed by atoms with Gasteiger partial charge in [0.05, 0.1) is 5.56 Å². The van der Waals surface area contributed by atoms with E-state index in [1.807, 2.05) is 0 Å². The summed E-state index contributed by atoms with van der Waals surface area (Å²) in [5.41, 5.74) is 7.04. The molecule has 2 amide bonds. The predicted molar refractivity (Wildman–Crippen MR) is 97.8 cm³/mol. The number of anilines is 1. The van der Waals surface area contributed by atoms with Gasteiger partial charge in [-0.15, -0.1) is 11.3 Å². The van der Waals surface area contributed by atoms with E-state index < -0.39 is 17.8 Å². The first-order valence-corrected chi connectivity index (χ1v) is 9.13. The van der Waals surface area contributed by atoms with Crippen molar-refractivity contribution in [2.24, 2.45) is 17.1 Å². The van der Waals surface area contributed by atoms with E-state index in [1.165, 1.54) is 11.3 Å². The second-order valence-electron chi connectivity index (χ2n) is 7.01. The maximum Gasteiger partial charge on any atom is 0.328 e. The fraction of sp³-hybridized carbons (Fsp3) is 0.500. The Morgan fingerprint density at radius 2 is 2.04 bits per heavy atom. The number of amides is 2. The number of rotatable bonds is 6. The molecule has 1 heterocycles. The van der Waals surface area contributed by atoms with Crippen LogP contribution in [0.1, 0.15) is 54.4 Å². The number of carbonyl (C=O) groups is 3. The van der Waals surface area contributed by atoms with Crippen LogP contribution in [0.3, 0.4) is 0 Å². The number of hydrogen-bond acceptors (Lipinski definition) is 4. The van der Waals surface area contributed by atoms with E-state index in [1.54, 1.807) is 0 Å². The highest BCUT2D eigenvalue weighted by Gasteiger charge is 2.34. The van der Waals surface area contributed by atoms with E-state index in [0.29, 0.717) is 16.5 Å². The minimum Gasteiger partial charge on any atom is -0.478 e. The van der Waals surface area contributed by atoms with E-state index in [4.69, 9.17) is 10.8 Å². The van der Waals surface area contributed by atoms with E-state index >= 15 is 0 Å². The molecule has 0 saturated carbocycles. The number of thiophene rings is 1. The Morgan fingerprint density at radius 1 is 1.36 bits per heavy atom. The Hall–Kier alpha value is -2.15. The van der Waals surface area contributed by atoms with E-state index in [2.05, 4.69) is 26.1 Å². The molecule has 0 bridgehead atoms. The summed E-state index contributed by atoms with van der Waals surface area (Å²) in [6.07, 6.45) is 5.37. The summed E-state index contributed by atoms with van der Waals surface area (Å²) in [7, 11) is 0. The number of carboxylic acid groups (broad SMARTS) is 1. The van der Waals surface area contributed by atoms with Gasteiger partial charge in [0.15, 0.2) is 0 Å². The number of nitrogens with one attached hydrogen (secondary N) is 1. The molecule has 0 aromatic carbocycles. The maximum atomic E-state index is 11.9. The Bertz CT molecular complexity index is 734. The molecule has 0 fully saturated rings. The zero-order chi connectivity index (χ0) is 18.8. The molecule has 1 atom stereocenters. The van der Waals surface area contributed by atoms with Gasteiger partial charge in [-0.3, -0.25) is 9.59 Å². The quantitative estimate of drug-likeness (QED) is 0.674. The number of hydrogen-bond donors (Lipinski definition) is 3. The summed E-state index contributed by atoms with van der Waals surface area (Å²) in [6.45, 7) is 6.69. The number of aliphatic carboxylic acids is 1. The summed E-state index contributed by atoms with van der Waals surface area (Å²) >= 11 is 1.37. The lowest BCUT2D eigenvalue weighted by Crippen LogP contribution is -2.29. The summed E-state index contributed by atoms with van der Waals surface area (Å²) in [5, 5.41) is 11.6. The maximum absolute atomic E-state index is 11.9. The molecule has 25 heavy (non-hydrogen) atoms. The van der Waals surface area contributed by atoms with Crippen molar-refractivity contribution in [1.82, 2.24) is 0 Å². The van der Waals surface area contributed by atoms with Gasteiger partial charge in [0.25, 0.3) is 5.91 Å². The van der Waals surface area contributed by atoms with Crippen molar-refractivity contribution >= 4 is 34.1 Å². The zero-order valence-corrected chi connectivity index (χ0v) is 15.5. The monoisotopic (exact) mass is 364 g/mol. The molecule has 1 aliphatic carbocycles. The topological polar surface area (TPSA) is 109 Å². The first kappa shape index (κ1) is 19.2. The molecule has 0 spiro atoms. The van der Waals surface area contributed by atoms with E-state index in [9.17, 15) is 14.4 Å². The van der Waals surface area contributed by atoms with Gasteiger partial charge in [0.1, 0.15) is 5.00 Å². The number of fused-ring (bicyclic) bond motifs is 1. The third kappa shape index (κ3) is 4.28. The van der Waals surface area contributed by atoms with Gasteiger partial charge in [-0.05, 0) is 36.2 Å². The van der Waals surface area contributed by atoms with Crippen LogP contribution in [-0.4, -0.2) is 22.9 Å². The summed E-state index contributed by atoms with van der Waals surface area (Å²) in [6, 6.07) is 0. The lowest BCUT2D eigenvalue weighted by Gasteiger charge is -2.36. The Labute approximate surface area is 151 Å². The molecule has 0 saturated heterocycles. The van der Waals surface area contributed by atoms with Crippen molar-refractivity contribution in [3.63, 3.8) is 0 Å². The predicted octanol–water partition coefficient (Wildman–Crippen LogP) is 2.97. The number of carboxylic acids is 1. The van der Waals surface area contributed by atoms with Crippen molar-refractivity contribution < 1.29 is 19.5 Å². The third-order valence-corrected chi connectivity index (χ3v) is 6.31. The first-order valence-electron chi connectivity index (χ1n) is 8.32. The molecule has 7 heteroatoms. The van der Waals surface area contributed by atoms with Gasteiger partial charge in [-0.2, -0.15) is 0 Å². The van der Waals surface area contributed by atoms with Crippen LogP contribution in [0.15, 0.2) is 12.2 Å². The smallest absolute Gasteiger partial charge is 0.328 e. The Balaban J connectivity index is 2.30. The molecule has 1 aliphatic rings. The van der Waals surface area contributed by atoms with Gasteiger partial charge in [-0.1, -0.05) is 27.2 Å². The van der Waals surface area contributed by atoms with Crippen LogP contribution in [0.5, 0.6) is 0 Å². The van der Waals surface area contributed by atoms with Crippen LogP contribution >= 0.6 is 11.3 Å². The molecule has 4 N–H and O–H groups in total. The number of carbonyl (C=O) groups excluding carboxylic acids is 2. The van der Waals surface area contributed by atoms with Gasteiger partial charge in [0, 0.05) is 17.0 Å². The zero-order valence-electron chi connectivity index (χ0n) is 14.7. The summed E-state index contributed by atoms with van der Waals surface area (Å²) < 4.78 is 0. The number of primary amides is 1. The molecule has 1 aromatic rings. The molecule has 0 unspecified atom stereocenters. The Morgan fingerprint density at radius 3 is 2.60 bits per heavy atom. The highest BCUT2D eigenvalue weighted by atomic mass is 32.1. The minimum absolute atomic E-state index is 0.211. The van der Waals surface area contributed by atoms with Crippen LogP contribution in [0.2, 0.25) is 0 Å². The molecule has 6 nitrogen and oxygen atoms in total. The van der Waals surface area contributed by atoms with Crippen LogP contribution in [-0.2, 0) is 22.4 Å². The summed E-state index contributed by atoms with van der Waals surface area (Å²) in [4.78, 5) is 35.4. The average molecular weight is 364 g/mol. The fourth-order valence-corrected chi connectivity index (χ4v) is 4.53. The highest BCUT2D eigenvalue weighted by Crippen LogP contribution is 2.45. The van der Waals surface area contributed by atoms with Crippen molar-refractivity contribution in [2.75, 3.05) is 5.32 Å².